The minimum atomic E-state index is 0.182. The summed E-state index contributed by atoms with van der Waals surface area (Å²) in [6.45, 7) is 6.54. The van der Waals surface area contributed by atoms with E-state index in [0.29, 0.717) is 0 Å². The molecule has 0 unspecified atom stereocenters. The largest absolute Gasteiger partial charge is 0.246 e. The van der Waals surface area contributed by atoms with E-state index >= 15 is 0 Å². The maximum Gasteiger partial charge on any atom is 0.0795 e. The number of rotatable bonds is 0. The highest BCUT2D eigenvalue weighted by Crippen LogP contribution is 2.25. The van der Waals surface area contributed by atoms with Gasteiger partial charge in [0.05, 0.1) is 11.2 Å². The van der Waals surface area contributed by atoms with Gasteiger partial charge >= 0.3 is 0 Å². The van der Waals surface area contributed by atoms with E-state index in [1.165, 1.54) is 5.04 Å². The molecule has 0 saturated carbocycles. The number of nitrogens with zero attached hydrogens (tertiary/aromatic N) is 1. The van der Waals surface area contributed by atoms with Gasteiger partial charge in [-0.2, -0.15) is 0 Å². The highest BCUT2D eigenvalue weighted by Gasteiger charge is 2.18. The van der Waals surface area contributed by atoms with Crippen molar-refractivity contribution in [1.82, 2.24) is 0 Å². The lowest BCUT2D eigenvalue weighted by Crippen LogP contribution is -2.16. The first-order chi connectivity index (χ1) is 5.11. The van der Waals surface area contributed by atoms with Crippen LogP contribution >= 0.6 is 11.8 Å². The first-order valence-electron chi connectivity index (χ1n) is 3.71. The second kappa shape index (κ2) is 3.29. The van der Waals surface area contributed by atoms with E-state index in [4.69, 9.17) is 0 Å². The van der Waals surface area contributed by atoms with E-state index < -0.39 is 0 Å². The Bertz CT molecular complexity index is 226. The van der Waals surface area contributed by atoms with Crippen molar-refractivity contribution in [3.8, 4) is 0 Å². The van der Waals surface area contributed by atoms with Gasteiger partial charge < -0.3 is 0 Å². The molecule has 0 saturated heterocycles. The fourth-order valence-corrected chi connectivity index (χ4v) is 1.66. The summed E-state index contributed by atoms with van der Waals surface area (Å²) < 4.78 is 0. The number of aliphatic imine (C=N–C) groups is 1. The molecule has 11 heavy (non-hydrogen) atoms. The normalized spacial score (nSPS) is 17.9. The summed E-state index contributed by atoms with van der Waals surface area (Å²) in [4.78, 5) is 4.31. The van der Waals surface area contributed by atoms with Crippen molar-refractivity contribution < 1.29 is 0 Å². The van der Waals surface area contributed by atoms with Crippen LogP contribution in [0.2, 0.25) is 0 Å². The second-order valence-corrected chi connectivity index (χ2v) is 4.50. The van der Waals surface area contributed by atoms with Crippen LogP contribution in [0.3, 0.4) is 0 Å². The van der Waals surface area contributed by atoms with Gasteiger partial charge in [-0.15, -0.1) is 17.5 Å². The molecule has 0 fully saturated rings. The van der Waals surface area contributed by atoms with Crippen molar-refractivity contribution in [2.75, 3.05) is 5.75 Å². The Labute approximate surface area is 72.3 Å². The average Bonchev–Trinajstić information content (AvgIpc) is 2.10. The molecule has 0 radical (unpaired) electrons. The molecule has 1 aliphatic heterocycles. The molecule has 0 bridgehead atoms. The third-order valence-corrected chi connectivity index (χ3v) is 2.64. The minimum absolute atomic E-state index is 0.182. The Hall–Kier alpha value is -0.460. The average molecular weight is 167 g/mol. The molecule has 0 amide bonds. The predicted molar refractivity (Wildman–Crippen MR) is 52.0 cm³/mol. The Morgan fingerprint density at radius 3 is 2.91 bits per heavy atom. The van der Waals surface area contributed by atoms with Crippen molar-refractivity contribution >= 4 is 16.8 Å². The van der Waals surface area contributed by atoms with Crippen molar-refractivity contribution in [1.29, 1.82) is 0 Å². The summed E-state index contributed by atoms with van der Waals surface area (Å²) in [6, 6.07) is 0. The van der Waals surface area contributed by atoms with Crippen LogP contribution in [0.4, 0.5) is 0 Å². The lowest BCUT2D eigenvalue weighted by atomic mass is 9.99. The second-order valence-electron chi connectivity index (χ2n) is 3.50. The van der Waals surface area contributed by atoms with Gasteiger partial charge in [0.2, 0.25) is 0 Å². The smallest absolute Gasteiger partial charge is 0.0795 e. The van der Waals surface area contributed by atoms with Gasteiger partial charge in [0, 0.05) is 11.2 Å². The zero-order chi connectivity index (χ0) is 8.32. The van der Waals surface area contributed by atoms with E-state index in [9.17, 15) is 0 Å². The number of hydrogen-bond acceptors (Lipinski definition) is 2. The Balaban J connectivity index is 2.82. The van der Waals surface area contributed by atoms with Crippen LogP contribution in [0.5, 0.6) is 0 Å². The summed E-state index contributed by atoms with van der Waals surface area (Å²) in [6.07, 6.45) is 3.76. The van der Waals surface area contributed by atoms with Crippen LogP contribution in [-0.4, -0.2) is 10.8 Å². The molecule has 0 atom stereocenters. The molecule has 0 aromatic heterocycles. The quantitative estimate of drug-likeness (QED) is 0.505. The molecule has 1 aliphatic rings. The van der Waals surface area contributed by atoms with Crippen molar-refractivity contribution in [2.24, 2.45) is 10.4 Å². The van der Waals surface area contributed by atoms with E-state index in [0.717, 1.165) is 5.75 Å². The van der Waals surface area contributed by atoms with Crippen LogP contribution in [-0.2, 0) is 0 Å². The zero-order valence-corrected chi connectivity index (χ0v) is 8.03. The Kier molecular flexibility index (Phi) is 2.58. The molecule has 1 rings (SSSR count). The molecule has 0 N–H and O–H groups in total. The standard InChI is InChI=1S/C9H13NS/c1-9(2,3)8-10-6-4-5-7-11-8/h5-6H,7H2,1-3H3. The minimum Gasteiger partial charge on any atom is -0.246 e. The van der Waals surface area contributed by atoms with Crippen molar-refractivity contribution in [3.63, 3.8) is 0 Å². The van der Waals surface area contributed by atoms with Gasteiger partial charge in [0.25, 0.3) is 0 Å². The Morgan fingerprint density at radius 1 is 1.55 bits per heavy atom. The molecule has 1 heterocycles. The molecule has 2 heteroatoms. The highest BCUT2D eigenvalue weighted by atomic mass is 32.2. The zero-order valence-electron chi connectivity index (χ0n) is 7.22. The topological polar surface area (TPSA) is 12.4 Å². The summed E-state index contributed by atoms with van der Waals surface area (Å²) >= 11 is 1.79. The molecule has 0 aromatic rings. The van der Waals surface area contributed by atoms with E-state index in [1.54, 1.807) is 18.0 Å². The van der Waals surface area contributed by atoms with Gasteiger partial charge in [0.1, 0.15) is 0 Å². The maximum atomic E-state index is 4.31. The van der Waals surface area contributed by atoms with E-state index in [2.05, 4.69) is 31.5 Å². The van der Waals surface area contributed by atoms with Gasteiger partial charge in [-0.25, -0.2) is 4.99 Å². The molecular formula is C9H13NS. The molecule has 0 aromatic carbocycles. The SMILES string of the molecule is CC(C)(C)C1=NC=C=CCS1. The highest BCUT2D eigenvalue weighted by molar-refractivity contribution is 8.14. The van der Waals surface area contributed by atoms with Crippen LogP contribution < -0.4 is 0 Å². The summed E-state index contributed by atoms with van der Waals surface area (Å²) in [5, 5.41) is 1.19. The fourth-order valence-electron chi connectivity index (χ4n) is 0.765. The lowest BCUT2D eigenvalue weighted by molar-refractivity contribution is 0.602. The molecule has 0 spiro atoms. The fraction of sp³-hybridized carbons (Fsp3) is 0.556. The molecule has 1 nitrogen and oxygen atoms in total. The molecule has 0 aliphatic carbocycles. The first kappa shape index (κ1) is 8.63. The lowest BCUT2D eigenvalue weighted by Gasteiger charge is -2.18. The summed E-state index contributed by atoms with van der Waals surface area (Å²) in [7, 11) is 0. The third kappa shape index (κ3) is 2.57. The van der Waals surface area contributed by atoms with Gasteiger partial charge in [-0.1, -0.05) is 20.8 Å². The van der Waals surface area contributed by atoms with Gasteiger partial charge in [-0.05, 0) is 6.08 Å². The van der Waals surface area contributed by atoms with E-state index in [-0.39, 0.29) is 5.41 Å². The van der Waals surface area contributed by atoms with Crippen LogP contribution in [0, 0.1) is 5.41 Å². The van der Waals surface area contributed by atoms with Gasteiger partial charge in [-0.3, -0.25) is 0 Å². The monoisotopic (exact) mass is 167 g/mol. The third-order valence-electron chi connectivity index (χ3n) is 1.32. The van der Waals surface area contributed by atoms with Crippen molar-refractivity contribution in [2.45, 2.75) is 20.8 Å². The molecular weight excluding hydrogens is 154 g/mol. The van der Waals surface area contributed by atoms with Crippen LogP contribution in [0.25, 0.3) is 0 Å². The summed E-state index contributed by atoms with van der Waals surface area (Å²) in [5.41, 5.74) is 3.17. The maximum absolute atomic E-state index is 4.31. The number of thioether (sulfide) groups is 1. The summed E-state index contributed by atoms with van der Waals surface area (Å²) in [5.74, 6) is 0.993. The van der Waals surface area contributed by atoms with Crippen LogP contribution in [0.15, 0.2) is 23.0 Å². The van der Waals surface area contributed by atoms with Gasteiger partial charge in [0.15, 0.2) is 0 Å². The van der Waals surface area contributed by atoms with Crippen LogP contribution in [0.1, 0.15) is 20.8 Å². The number of hydrogen-bond donors (Lipinski definition) is 0. The van der Waals surface area contributed by atoms with Crippen molar-refractivity contribution in [3.05, 3.63) is 18.0 Å². The predicted octanol–water partition coefficient (Wildman–Crippen LogP) is 2.85. The molecule has 60 valence electrons. The Morgan fingerprint density at radius 2 is 2.27 bits per heavy atom. The van der Waals surface area contributed by atoms with E-state index in [1.807, 2.05) is 6.08 Å². The first-order valence-corrected chi connectivity index (χ1v) is 4.70.